The zero-order valence-corrected chi connectivity index (χ0v) is 16.4. The lowest BCUT2D eigenvalue weighted by Gasteiger charge is -2.23. The number of allylic oxidation sites excluding steroid dienone is 3. The van der Waals surface area contributed by atoms with Crippen LogP contribution in [0.2, 0.25) is 0 Å². The van der Waals surface area contributed by atoms with Crippen molar-refractivity contribution in [1.29, 1.82) is 0 Å². The lowest BCUT2D eigenvalue weighted by atomic mass is 9.84. The van der Waals surface area contributed by atoms with Gasteiger partial charge in [0.25, 0.3) is 0 Å². The van der Waals surface area contributed by atoms with Crippen LogP contribution < -0.4 is 10.5 Å². The molecule has 0 heterocycles. The Kier molecular flexibility index (Phi) is 9.56. The molecule has 26 heavy (non-hydrogen) atoms. The summed E-state index contributed by atoms with van der Waals surface area (Å²) in [6, 6.07) is 3.66. The first kappa shape index (κ1) is 21.8. The number of carbonyl (C=O) groups is 1. The highest BCUT2D eigenvalue weighted by atomic mass is 16.5. The number of carbonyl (C=O) groups excluding carboxylic acids is 1. The minimum absolute atomic E-state index is 0.0720. The summed E-state index contributed by atoms with van der Waals surface area (Å²) in [6.45, 7) is 9.50. The topological polar surface area (TPSA) is 72.6 Å². The maximum absolute atomic E-state index is 11.3. The van der Waals surface area contributed by atoms with Gasteiger partial charge in [0.15, 0.2) is 0 Å². The summed E-state index contributed by atoms with van der Waals surface area (Å²) < 4.78 is 5.21. The SMILES string of the molecule is C=CC.CCCCCc1cc(O)c(C2C=C(C)CCC2)c(OC(N)=O)c1. The molecule has 1 aliphatic carbocycles. The van der Waals surface area contributed by atoms with Crippen molar-refractivity contribution < 1.29 is 14.6 Å². The van der Waals surface area contributed by atoms with Crippen LogP contribution in [0.3, 0.4) is 0 Å². The Morgan fingerprint density at radius 1 is 1.42 bits per heavy atom. The van der Waals surface area contributed by atoms with Crippen molar-refractivity contribution in [3.05, 3.63) is 47.6 Å². The van der Waals surface area contributed by atoms with Crippen LogP contribution in [0, 0.1) is 0 Å². The van der Waals surface area contributed by atoms with Crippen LogP contribution >= 0.6 is 0 Å². The molecule has 1 amide bonds. The van der Waals surface area contributed by atoms with E-state index in [4.69, 9.17) is 10.5 Å². The number of unbranched alkanes of at least 4 members (excludes halogenated alkanes) is 2. The molecule has 0 saturated heterocycles. The number of aromatic hydroxyl groups is 1. The molecule has 0 aliphatic heterocycles. The van der Waals surface area contributed by atoms with E-state index in [0.29, 0.717) is 11.3 Å². The maximum atomic E-state index is 11.3. The molecule has 0 aromatic heterocycles. The summed E-state index contributed by atoms with van der Waals surface area (Å²) in [5.41, 5.74) is 8.18. The van der Waals surface area contributed by atoms with Crippen molar-refractivity contribution in [3.8, 4) is 11.5 Å². The van der Waals surface area contributed by atoms with Crippen LogP contribution in [0.15, 0.2) is 36.4 Å². The van der Waals surface area contributed by atoms with Crippen molar-refractivity contribution in [2.45, 2.75) is 71.6 Å². The molecule has 2 rings (SSSR count). The second-order valence-corrected chi connectivity index (χ2v) is 6.82. The molecule has 1 aromatic rings. The molecule has 0 saturated carbocycles. The molecule has 1 unspecified atom stereocenters. The molecule has 0 radical (unpaired) electrons. The zero-order chi connectivity index (χ0) is 19.5. The predicted molar refractivity (Wildman–Crippen MR) is 108 cm³/mol. The smallest absolute Gasteiger partial charge is 0.409 e. The van der Waals surface area contributed by atoms with E-state index in [1.54, 1.807) is 12.1 Å². The van der Waals surface area contributed by atoms with Crippen molar-refractivity contribution in [1.82, 2.24) is 0 Å². The van der Waals surface area contributed by atoms with Gasteiger partial charge in [-0.15, -0.1) is 6.58 Å². The quantitative estimate of drug-likeness (QED) is 0.484. The number of hydrogen-bond acceptors (Lipinski definition) is 3. The Morgan fingerprint density at radius 2 is 2.12 bits per heavy atom. The fourth-order valence-corrected chi connectivity index (χ4v) is 3.29. The van der Waals surface area contributed by atoms with Gasteiger partial charge in [0.05, 0.1) is 0 Å². The van der Waals surface area contributed by atoms with E-state index in [1.807, 2.05) is 13.0 Å². The summed E-state index contributed by atoms with van der Waals surface area (Å²) in [7, 11) is 0. The summed E-state index contributed by atoms with van der Waals surface area (Å²) in [5.74, 6) is 0.675. The Labute approximate surface area is 157 Å². The second-order valence-electron chi connectivity index (χ2n) is 6.82. The highest BCUT2D eigenvalue weighted by Crippen LogP contribution is 2.42. The van der Waals surface area contributed by atoms with Gasteiger partial charge in [0, 0.05) is 11.5 Å². The van der Waals surface area contributed by atoms with E-state index in [9.17, 15) is 9.90 Å². The highest BCUT2D eigenvalue weighted by molar-refractivity contribution is 5.70. The Bertz CT molecular complexity index is 635. The number of rotatable bonds is 6. The fraction of sp³-hybridized carbons (Fsp3) is 0.500. The summed E-state index contributed by atoms with van der Waals surface area (Å²) in [6.07, 6.45) is 10.3. The third-order valence-electron chi connectivity index (χ3n) is 4.40. The van der Waals surface area contributed by atoms with Gasteiger partial charge in [-0.1, -0.05) is 37.5 Å². The minimum atomic E-state index is -0.840. The molecule has 144 valence electrons. The van der Waals surface area contributed by atoms with Crippen LogP contribution in [-0.4, -0.2) is 11.2 Å². The summed E-state index contributed by atoms with van der Waals surface area (Å²) >= 11 is 0. The van der Waals surface area contributed by atoms with Crippen molar-refractivity contribution in [2.75, 3.05) is 0 Å². The van der Waals surface area contributed by atoms with Gasteiger partial charge in [-0.05, 0) is 63.6 Å². The van der Waals surface area contributed by atoms with Crippen LogP contribution in [0.5, 0.6) is 11.5 Å². The van der Waals surface area contributed by atoms with Crippen LogP contribution in [-0.2, 0) is 6.42 Å². The molecule has 1 aromatic carbocycles. The summed E-state index contributed by atoms with van der Waals surface area (Å²) in [5, 5.41) is 10.5. The second kappa shape index (κ2) is 11.4. The monoisotopic (exact) mass is 359 g/mol. The van der Waals surface area contributed by atoms with E-state index < -0.39 is 6.09 Å². The number of aryl methyl sites for hydroxylation is 1. The lowest BCUT2D eigenvalue weighted by Crippen LogP contribution is -2.18. The first-order valence-corrected chi connectivity index (χ1v) is 9.50. The average molecular weight is 360 g/mol. The van der Waals surface area contributed by atoms with E-state index in [2.05, 4.69) is 26.5 Å². The molecule has 0 fully saturated rings. The standard InChI is InChI=1S/C19H27NO3.C3H6/c1-3-4-5-8-14-11-16(21)18(17(12-14)23-19(20)22)15-9-6-7-13(2)10-15;1-3-2/h10-12,15,21H,3-9H2,1-2H3,(H2,20,22);3H,1H2,2H3. The third kappa shape index (κ3) is 6.95. The van der Waals surface area contributed by atoms with E-state index in [1.165, 1.54) is 5.57 Å². The highest BCUT2D eigenvalue weighted by Gasteiger charge is 2.23. The van der Waals surface area contributed by atoms with E-state index >= 15 is 0 Å². The molecule has 3 N–H and O–H groups in total. The largest absolute Gasteiger partial charge is 0.507 e. The third-order valence-corrected chi connectivity index (χ3v) is 4.40. The number of phenols is 1. The normalized spacial score (nSPS) is 16.1. The van der Waals surface area contributed by atoms with Crippen molar-refractivity contribution in [3.63, 3.8) is 0 Å². The average Bonchev–Trinajstić information content (AvgIpc) is 2.55. The van der Waals surface area contributed by atoms with E-state index in [0.717, 1.165) is 50.5 Å². The number of primary amides is 1. The Balaban J connectivity index is 0.00000105. The molecule has 4 heteroatoms. The predicted octanol–water partition coefficient (Wildman–Crippen LogP) is 5.99. The number of nitrogens with two attached hydrogens (primary N) is 1. The number of phenolic OH excluding ortho intramolecular Hbond substituents is 1. The van der Waals surface area contributed by atoms with Crippen molar-refractivity contribution in [2.24, 2.45) is 5.73 Å². The molecule has 4 nitrogen and oxygen atoms in total. The molecular formula is C22H33NO3. The maximum Gasteiger partial charge on any atom is 0.409 e. The van der Waals surface area contributed by atoms with Gasteiger partial charge in [-0.25, -0.2) is 4.79 Å². The minimum Gasteiger partial charge on any atom is -0.507 e. The van der Waals surface area contributed by atoms with Gasteiger partial charge in [0.2, 0.25) is 0 Å². The van der Waals surface area contributed by atoms with Gasteiger partial charge in [0.1, 0.15) is 11.5 Å². The van der Waals surface area contributed by atoms with Gasteiger partial charge in [-0.3, -0.25) is 0 Å². The van der Waals surface area contributed by atoms with Crippen LogP contribution in [0.25, 0.3) is 0 Å². The van der Waals surface area contributed by atoms with Crippen LogP contribution in [0.4, 0.5) is 4.79 Å². The molecule has 0 spiro atoms. The zero-order valence-electron chi connectivity index (χ0n) is 16.4. The first-order chi connectivity index (χ1) is 12.4. The Morgan fingerprint density at radius 3 is 2.69 bits per heavy atom. The molecule has 0 bridgehead atoms. The van der Waals surface area contributed by atoms with Crippen molar-refractivity contribution >= 4 is 6.09 Å². The number of amides is 1. The Hall–Kier alpha value is -2.23. The number of benzene rings is 1. The van der Waals surface area contributed by atoms with Gasteiger partial charge in [-0.2, -0.15) is 0 Å². The number of ether oxygens (including phenoxy) is 1. The molecule has 1 atom stereocenters. The summed E-state index contributed by atoms with van der Waals surface area (Å²) in [4.78, 5) is 11.3. The van der Waals surface area contributed by atoms with Crippen LogP contribution in [0.1, 0.15) is 76.3 Å². The van der Waals surface area contributed by atoms with Gasteiger partial charge >= 0.3 is 6.09 Å². The first-order valence-electron chi connectivity index (χ1n) is 9.50. The fourth-order valence-electron chi connectivity index (χ4n) is 3.29. The molecule has 1 aliphatic rings. The molecular weight excluding hydrogens is 326 g/mol. The van der Waals surface area contributed by atoms with Gasteiger partial charge < -0.3 is 15.6 Å². The lowest BCUT2D eigenvalue weighted by molar-refractivity contribution is 0.210. The van der Waals surface area contributed by atoms with E-state index in [-0.39, 0.29) is 11.7 Å². The number of hydrogen-bond donors (Lipinski definition) is 2.